The summed E-state index contributed by atoms with van der Waals surface area (Å²) >= 11 is 0. The van der Waals surface area contributed by atoms with E-state index in [0.717, 1.165) is 13.0 Å². The Morgan fingerprint density at radius 1 is 1.55 bits per heavy atom. The van der Waals surface area contributed by atoms with Gasteiger partial charge in [0, 0.05) is 19.0 Å². The summed E-state index contributed by atoms with van der Waals surface area (Å²) in [6.07, 6.45) is 6.32. The van der Waals surface area contributed by atoms with Gasteiger partial charge in [-0.15, -0.1) is 0 Å². The fourth-order valence-electron chi connectivity index (χ4n) is 1.01. The largest absolute Gasteiger partial charge is 0.373 e. The Morgan fingerprint density at radius 2 is 2.36 bits per heavy atom. The van der Waals surface area contributed by atoms with E-state index in [2.05, 4.69) is 4.99 Å². The van der Waals surface area contributed by atoms with Crippen molar-refractivity contribution in [3.05, 3.63) is 11.8 Å². The highest BCUT2D eigenvalue weighted by atomic mass is 16.5. The minimum atomic E-state index is 0.269. The number of hydrogen-bond acceptors (Lipinski definition) is 2. The molecule has 0 spiro atoms. The van der Waals surface area contributed by atoms with Gasteiger partial charge >= 0.3 is 0 Å². The van der Waals surface area contributed by atoms with Crippen molar-refractivity contribution in [1.82, 2.24) is 0 Å². The minimum absolute atomic E-state index is 0.269. The summed E-state index contributed by atoms with van der Waals surface area (Å²) in [5.74, 6) is 0. The predicted molar refractivity (Wildman–Crippen MR) is 46.9 cm³/mol. The fourth-order valence-corrected chi connectivity index (χ4v) is 1.01. The zero-order valence-electron chi connectivity index (χ0n) is 7.21. The summed E-state index contributed by atoms with van der Waals surface area (Å²) in [5, 5.41) is 0. The van der Waals surface area contributed by atoms with Crippen LogP contribution in [0.3, 0.4) is 0 Å². The maximum Gasteiger partial charge on any atom is 0.0926 e. The summed E-state index contributed by atoms with van der Waals surface area (Å²) in [7, 11) is 0. The second-order valence-electron chi connectivity index (χ2n) is 3.06. The van der Waals surface area contributed by atoms with Crippen molar-refractivity contribution in [3.8, 4) is 0 Å². The van der Waals surface area contributed by atoms with Gasteiger partial charge in [-0.3, -0.25) is 4.99 Å². The molecule has 0 saturated carbocycles. The van der Waals surface area contributed by atoms with Crippen LogP contribution < -0.4 is 0 Å². The Bertz CT molecular complexity index is 162. The Hall–Kier alpha value is -0.630. The van der Waals surface area contributed by atoms with Crippen molar-refractivity contribution >= 4 is 6.21 Å². The summed E-state index contributed by atoms with van der Waals surface area (Å²) < 4.78 is 5.36. The maximum atomic E-state index is 5.36. The van der Waals surface area contributed by atoms with Crippen LogP contribution in [0.2, 0.25) is 0 Å². The van der Waals surface area contributed by atoms with E-state index >= 15 is 0 Å². The molecule has 0 aromatic heterocycles. The Kier molecular flexibility index (Phi) is 3.30. The molecule has 1 heterocycles. The second kappa shape index (κ2) is 4.29. The van der Waals surface area contributed by atoms with Gasteiger partial charge in [-0.25, -0.2) is 0 Å². The zero-order valence-corrected chi connectivity index (χ0v) is 7.21. The smallest absolute Gasteiger partial charge is 0.0926 e. The maximum absolute atomic E-state index is 5.36. The van der Waals surface area contributed by atoms with Gasteiger partial charge in [0.1, 0.15) is 0 Å². The summed E-state index contributed by atoms with van der Waals surface area (Å²) in [6.45, 7) is 4.96. The third-order valence-electron chi connectivity index (χ3n) is 1.55. The molecule has 1 aliphatic rings. The molecule has 0 radical (unpaired) electrons. The first-order valence-electron chi connectivity index (χ1n) is 4.07. The summed E-state index contributed by atoms with van der Waals surface area (Å²) in [4.78, 5) is 4.14. The van der Waals surface area contributed by atoms with Gasteiger partial charge in [-0.2, -0.15) is 0 Å². The first-order valence-corrected chi connectivity index (χ1v) is 4.07. The lowest BCUT2D eigenvalue weighted by Crippen LogP contribution is -2.04. The average Bonchev–Trinajstić information content (AvgIpc) is 2.39. The molecule has 62 valence electrons. The van der Waals surface area contributed by atoms with Crippen molar-refractivity contribution in [3.63, 3.8) is 0 Å². The van der Waals surface area contributed by atoms with Gasteiger partial charge in [0.05, 0.1) is 6.10 Å². The number of aliphatic imine (C=N–C) groups is 1. The minimum Gasteiger partial charge on any atom is -0.373 e. The standard InChI is InChI=1S/C9H15NO/c1-8(2)6-10-7-9-4-3-5-11-9/h6-7,9H,3-5H2,1-2H3/b10-7+. The van der Waals surface area contributed by atoms with Crippen molar-refractivity contribution in [1.29, 1.82) is 0 Å². The van der Waals surface area contributed by atoms with Gasteiger partial charge in [-0.1, -0.05) is 5.57 Å². The molecule has 2 nitrogen and oxygen atoms in total. The molecular weight excluding hydrogens is 138 g/mol. The number of nitrogens with zero attached hydrogens (tertiary/aromatic N) is 1. The van der Waals surface area contributed by atoms with Crippen LogP contribution in [-0.2, 0) is 4.74 Å². The molecule has 1 rings (SSSR count). The Labute approximate surface area is 68.0 Å². The lowest BCUT2D eigenvalue weighted by Gasteiger charge is -1.98. The van der Waals surface area contributed by atoms with E-state index in [9.17, 15) is 0 Å². The summed E-state index contributed by atoms with van der Waals surface area (Å²) in [6, 6.07) is 0. The monoisotopic (exact) mass is 153 g/mol. The number of allylic oxidation sites excluding steroid dienone is 1. The fraction of sp³-hybridized carbons (Fsp3) is 0.667. The van der Waals surface area contributed by atoms with Crippen LogP contribution in [0, 0.1) is 0 Å². The van der Waals surface area contributed by atoms with E-state index in [0.29, 0.717) is 0 Å². The second-order valence-corrected chi connectivity index (χ2v) is 3.06. The molecule has 1 saturated heterocycles. The average molecular weight is 153 g/mol. The Morgan fingerprint density at radius 3 is 2.91 bits per heavy atom. The number of ether oxygens (including phenoxy) is 1. The highest BCUT2D eigenvalue weighted by molar-refractivity contribution is 5.64. The van der Waals surface area contributed by atoms with Crippen LogP contribution in [0.1, 0.15) is 26.7 Å². The molecule has 2 heteroatoms. The van der Waals surface area contributed by atoms with Crippen molar-refractivity contribution in [2.24, 2.45) is 4.99 Å². The molecule has 1 aliphatic heterocycles. The number of rotatable bonds is 2. The molecule has 0 amide bonds. The van der Waals surface area contributed by atoms with Crippen LogP contribution in [0.25, 0.3) is 0 Å². The molecular formula is C9H15NO. The Balaban J connectivity index is 2.28. The lowest BCUT2D eigenvalue weighted by molar-refractivity contribution is 0.162. The van der Waals surface area contributed by atoms with Crippen LogP contribution in [0.15, 0.2) is 16.8 Å². The molecule has 1 fully saturated rings. The van der Waals surface area contributed by atoms with E-state index in [1.54, 1.807) is 0 Å². The summed E-state index contributed by atoms with van der Waals surface area (Å²) in [5.41, 5.74) is 1.22. The predicted octanol–water partition coefficient (Wildman–Crippen LogP) is 2.16. The third kappa shape index (κ3) is 3.33. The normalized spacial score (nSPS) is 24.4. The van der Waals surface area contributed by atoms with Crippen molar-refractivity contribution < 1.29 is 4.74 Å². The van der Waals surface area contributed by atoms with Crippen molar-refractivity contribution in [2.75, 3.05) is 6.61 Å². The molecule has 1 atom stereocenters. The molecule has 0 N–H and O–H groups in total. The first-order chi connectivity index (χ1) is 5.29. The molecule has 0 aromatic carbocycles. The van der Waals surface area contributed by atoms with E-state index in [-0.39, 0.29) is 6.10 Å². The molecule has 0 aromatic rings. The molecule has 0 bridgehead atoms. The van der Waals surface area contributed by atoms with E-state index < -0.39 is 0 Å². The SMILES string of the molecule is CC(C)=C/N=C/C1CCCO1. The zero-order chi connectivity index (χ0) is 8.10. The van der Waals surface area contributed by atoms with Crippen LogP contribution in [0.4, 0.5) is 0 Å². The lowest BCUT2D eigenvalue weighted by atomic mass is 10.2. The van der Waals surface area contributed by atoms with Gasteiger partial charge in [0.25, 0.3) is 0 Å². The van der Waals surface area contributed by atoms with E-state index in [1.807, 2.05) is 26.3 Å². The van der Waals surface area contributed by atoms with E-state index in [1.165, 1.54) is 12.0 Å². The van der Waals surface area contributed by atoms with Crippen LogP contribution in [-0.4, -0.2) is 18.9 Å². The van der Waals surface area contributed by atoms with Crippen molar-refractivity contribution in [2.45, 2.75) is 32.8 Å². The first kappa shape index (κ1) is 8.47. The van der Waals surface area contributed by atoms with Crippen LogP contribution >= 0.6 is 0 Å². The molecule has 0 aliphatic carbocycles. The number of hydrogen-bond donors (Lipinski definition) is 0. The third-order valence-corrected chi connectivity index (χ3v) is 1.55. The van der Waals surface area contributed by atoms with Crippen LogP contribution in [0.5, 0.6) is 0 Å². The highest BCUT2D eigenvalue weighted by Gasteiger charge is 2.11. The van der Waals surface area contributed by atoms with Gasteiger partial charge in [0.2, 0.25) is 0 Å². The molecule has 1 unspecified atom stereocenters. The van der Waals surface area contributed by atoms with E-state index in [4.69, 9.17) is 4.74 Å². The topological polar surface area (TPSA) is 21.6 Å². The quantitative estimate of drug-likeness (QED) is 0.557. The molecule has 11 heavy (non-hydrogen) atoms. The highest BCUT2D eigenvalue weighted by Crippen LogP contribution is 2.09. The van der Waals surface area contributed by atoms with Gasteiger partial charge < -0.3 is 4.74 Å². The van der Waals surface area contributed by atoms with Gasteiger partial charge in [0.15, 0.2) is 0 Å². The van der Waals surface area contributed by atoms with Gasteiger partial charge in [-0.05, 0) is 26.7 Å².